The van der Waals surface area contributed by atoms with Crippen LogP contribution in [-0.4, -0.2) is 4.98 Å². The number of nitrogens with zero attached hydrogens (tertiary/aromatic N) is 1. The van der Waals surface area contributed by atoms with E-state index in [1.807, 2.05) is 0 Å². The number of rotatable bonds is 5. The molecule has 2 aromatic rings. The van der Waals surface area contributed by atoms with Crippen molar-refractivity contribution in [3.8, 4) is 0 Å². The smallest absolute Gasteiger partial charge is 0.0900 e. The number of benzene rings is 1. The second kappa shape index (κ2) is 6.20. The van der Waals surface area contributed by atoms with Gasteiger partial charge in [-0.05, 0) is 44.9 Å². The normalized spacial score (nSPS) is 12.4. The molecule has 0 saturated heterocycles. The van der Waals surface area contributed by atoms with E-state index >= 15 is 0 Å². The number of aromatic nitrogens is 1. The minimum atomic E-state index is 0.309. The predicted octanol–water partition coefficient (Wildman–Crippen LogP) is 4.89. The van der Waals surface area contributed by atoms with Crippen molar-refractivity contribution < 1.29 is 0 Å². The lowest BCUT2D eigenvalue weighted by Gasteiger charge is -2.14. The van der Waals surface area contributed by atoms with Crippen molar-refractivity contribution in [2.24, 2.45) is 0 Å². The van der Waals surface area contributed by atoms with Crippen LogP contribution in [-0.2, 0) is 6.42 Å². The monoisotopic (exact) mass is 274 g/mol. The van der Waals surface area contributed by atoms with Crippen LogP contribution in [0.25, 0.3) is 0 Å². The number of hydrogen-bond acceptors (Lipinski definition) is 3. The molecule has 1 aromatic carbocycles. The maximum Gasteiger partial charge on any atom is 0.0900 e. The molecule has 0 saturated carbocycles. The van der Waals surface area contributed by atoms with Gasteiger partial charge in [-0.2, -0.15) is 0 Å². The summed E-state index contributed by atoms with van der Waals surface area (Å²) in [6.07, 6.45) is 2.35. The third-order valence-electron chi connectivity index (χ3n) is 3.21. The van der Waals surface area contributed by atoms with Gasteiger partial charge in [0.05, 0.1) is 16.7 Å². The van der Waals surface area contributed by atoms with Gasteiger partial charge < -0.3 is 5.32 Å². The zero-order chi connectivity index (χ0) is 13.8. The molecular weight excluding hydrogens is 252 g/mol. The molecule has 0 radical (unpaired) electrons. The summed E-state index contributed by atoms with van der Waals surface area (Å²) < 4.78 is 0. The molecule has 3 heteroatoms. The summed E-state index contributed by atoms with van der Waals surface area (Å²) in [5.41, 5.74) is 3.73. The van der Waals surface area contributed by atoms with Crippen LogP contribution < -0.4 is 5.32 Å². The first-order valence-electron chi connectivity index (χ1n) is 6.89. The second-order valence-electron chi connectivity index (χ2n) is 5.00. The van der Waals surface area contributed by atoms with Gasteiger partial charge in [0.1, 0.15) is 0 Å². The Kier molecular flexibility index (Phi) is 4.59. The Hall–Kier alpha value is -1.35. The first kappa shape index (κ1) is 14.1. The van der Waals surface area contributed by atoms with Crippen LogP contribution >= 0.6 is 11.3 Å². The zero-order valence-electron chi connectivity index (χ0n) is 12.2. The summed E-state index contributed by atoms with van der Waals surface area (Å²) in [6.45, 7) is 8.55. The molecule has 0 aliphatic carbocycles. The van der Waals surface area contributed by atoms with E-state index < -0.39 is 0 Å². The second-order valence-corrected chi connectivity index (χ2v) is 6.23. The lowest BCUT2D eigenvalue weighted by Crippen LogP contribution is -2.06. The topological polar surface area (TPSA) is 24.9 Å². The Balaban J connectivity index is 2.06. The molecule has 0 amide bonds. The van der Waals surface area contributed by atoms with Crippen LogP contribution in [0.5, 0.6) is 0 Å². The number of thiazole rings is 1. The van der Waals surface area contributed by atoms with Crippen molar-refractivity contribution in [1.29, 1.82) is 0 Å². The highest BCUT2D eigenvalue weighted by Gasteiger charge is 2.12. The van der Waals surface area contributed by atoms with Gasteiger partial charge in [0.25, 0.3) is 0 Å². The molecule has 0 bridgehead atoms. The highest BCUT2D eigenvalue weighted by molar-refractivity contribution is 7.11. The maximum atomic E-state index is 4.49. The summed E-state index contributed by atoms with van der Waals surface area (Å²) in [5.74, 6) is 0. The zero-order valence-corrected chi connectivity index (χ0v) is 13.0. The fourth-order valence-electron chi connectivity index (χ4n) is 2.32. The number of aryl methyl sites for hydroxylation is 3. The number of anilines is 1. The lowest BCUT2D eigenvalue weighted by molar-refractivity contribution is 0.887. The Morgan fingerprint density at radius 3 is 2.42 bits per heavy atom. The first-order chi connectivity index (χ1) is 9.10. The first-order valence-corrected chi connectivity index (χ1v) is 7.71. The average Bonchev–Trinajstić information content (AvgIpc) is 2.71. The van der Waals surface area contributed by atoms with Crippen LogP contribution in [0.4, 0.5) is 5.69 Å². The van der Waals surface area contributed by atoms with Gasteiger partial charge in [-0.3, -0.25) is 0 Å². The number of hydrogen-bond donors (Lipinski definition) is 1. The van der Waals surface area contributed by atoms with Gasteiger partial charge in [-0.15, -0.1) is 11.3 Å². The molecule has 2 nitrogen and oxygen atoms in total. The van der Waals surface area contributed by atoms with Gasteiger partial charge in [0.15, 0.2) is 0 Å². The van der Waals surface area contributed by atoms with Crippen LogP contribution in [0.15, 0.2) is 24.3 Å². The van der Waals surface area contributed by atoms with E-state index in [9.17, 15) is 0 Å². The van der Waals surface area contributed by atoms with Crippen LogP contribution in [0, 0.1) is 13.8 Å². The molecule has 1 unspecified atom stereocenters. The molecule has 0 spiro atoms. The quantitative estimate of drug-likeness (QED) is 0.840. The molecule has 1 heterocycles. The number of nitrogens with one attached hydrogen (secondary N) is 1. The van der Waals surface area contributed by atoms with Gasteiger partial charge in [-0.25, -0.2) is 4.98 Å². The summed E-state index contributed by atoms with van der Waals surface area (Å²) in [7, 11) is 0. The van der Waals surface area contributed by atoms with E-state index in [1.165, 1.54) is 22.5 Å². The van der Waals surface area contributed by atoms with E-state index in [1.54, 1.807) is 11.3 Å². The fourth-order valence-corrected chi connectivity index (χ4v) is 3.25. The molecule has 1 aromatic heterocycles. The van der Waals surface area contributed by atoms with Gasteiger partial charge in [0.2, 0.25) is 0 Å². The Bertz CT molecular complexity index is 528. The van der Waals surface area contributed by atoms with Crippen molar-refractivity contribution in [2.75, 3.05) is 5.32 Å². The van der Waals surface area contributed by atoms with Crippen LogP contribution in [0.2, 0.25) is 0 Å². The van der Waals surface area contributed by atoms with E-state index in [2.05, 4.69) is 62.3 Å². The van der Waals surface area contributed by atoms with Crippen molar-refractivity contribution in [2.45, 2.75) is 46.6 Å². The predicted molar refractivity (Wildman–Crippen MR) is 84.1 cm³/mol. The Morgan fingerprint density at radius 1 is 1.21 bits per heavy atom. The molecule has 0 aliphatic heterocycles. The van der Waals surface area contributed by atoms with Gasteiger partial charge in [0, 0.05) is 10.6 Å². The third kappa shape index (κ3) is 3.57. The van der Waals surface area contributed by atoms with Crippen LogP contribution in [0.3, 0.4) is 0 Å². The van der Waals surface area contributed by atoms with E-state index in [4.69, 9.17) is 0 Å². The maximum absolute atomic E-state index is 4.49. The molecule has 102 valence electrons. The molecule has 1 atom stereocenters. The van der Waals surface area contributed by atoms with Crippen molar-refractivity contribution >= 4 is 17.0 Å². The fraction of sp³-hybridized carbons (Fsp3) is 0.438. The summed E-state index contributed by atoms with van der Waals surface area (Å²) in [6, 6.07) is 9.07. The van der Waals surface area contributed by atoms with Gasteiger partial charge in [-0.1, -0.05) is 25.5 Å². The highest BCUT2D eigenvalue weighted by Crippen LogP contribution is 2.27. The summed E-state index contributed by atoms with van der Waals surface area (Å²) in [5, 5.41) is 4.69. The van der Waals surface area contributed by atoms with E-state index in [0.717, 1.165) is 17.1 Å². The average molecular weight is 274 g/mol. The third-order valence-corrected chi connectivity index (χ3v) is 4.46. The largest absolute Gasteiger partial charge is 0.378 e. The molecule has 0 aliphatic rings. The molecule has 0 fully saturated rings. The van der Waals surface area contributed by atoms with Crippen molar-refractivity contribution in [1.82, 2.24) is 4.98 Å². The standard InChI is InChI=1S/C16H22N2S/c1-5-6-14-7-9-15(10-8-14)18-12(3)16-11(2)17-13(4)19-16/h7-10,12,18H,5-6H2,1-4H3. The minimum absolute atomic E-state index is 0.309. The lowest BCUT2D eigenvalue weighted by atomic mass is 10.1. The van der Waals surface area contributed by atoms with Crippen LogP contribution in [0.1, 0.15) is 47.5 Å². The summed E-state index contributed by atoms with van der Waals surface area (Å²) in [4.78, 5) is 5.82. The van der Waals surface area contributed by atoms with Crippen molar-refractivity contribution in [3.05, 3.63) is 45.4 Å². The van der Waals surface area contributed by atoms with Crippen molar-refractivity contribution in [3.63, 3.8) is 0 Å². The van der Waals surface area contributed by atoms with E-state index in [-0.39, 0.29) is 0 Å². The molecule has 1 N–H and O–H groups in total. The molecular formula is C16H22N2S. The molecule has 2 rings (SSSR count). The Labute approximate surface area is 119 Å². The minimum Gasteiger partial charge on any atom is -0.378 e. The Morgan fingerprint density at radius 2 is 1.89 bits per heavy atom. The highest BCUT2D eigenvalue weighted by atomic mass is 32.1. The van der Waals surface area contributed by atoms with E-state index in [0.29, 0.717) is 6.04 Å². The SMILES string of the molecule is CCCc1ccc(NC(C)c2sc(C)nc2C)cc1. The molecule has 19 heavy (non-hydrogen) atoms. The van der Waals surface area contributed by atoms with Gasteiger partial charge >= 0.3 is 0 Å². The summed E-state index contributed by atoms with van der Waals surface area (Å²) >= 11 is 1.78.